The number of nitrogens with one attached hydrogen (secondary N) is 1. The van der Waals surface area contributed by atoms with Gasteiger partial charge in [-0.3, -0.25) is 4.79 Å². The molecule has 0 saturated carbocycles. The summed E-state index contributed by atoms with van der Waals surface area (Å²) in [6.07, 6.45) is 0.0559. The molecule has 2 aromatic rings. The summed E-state index contributed by atoms with van der Waals surface area (Å²) >= 11 is 0. The summed E-state index contributed by atoms with van der Waals surface area (Å²) in [7, 11) is 1.62. The molecule has 0 unspecified atom stereocenters. The van der Waals surface area contributed by atoms with Gasteiger partial charge in [0.15, 0.2) is 6.10 Å². The van der Waals surface area contributed by atoms with Gasteiger partial charge in [0.1, 0.15) is 23.9 Å². The van der Waals surface area contributed by atoms with Gasteiger partial charge in [0.05, 0.1) is 13.2 Å². The van der Waals surface area contributed by atoms with Gasteiger partial charge in [-0.25, -0.2) is 0 Å². The van der Waals surface area contributed by atoms with Crippen molar-refractivity contribution in [3.05, 3.63) is 53.6 Å². The lowest BCUT2D eigenvalue weighted by molar-refractivity contribution is -0.129. The van der Waals surface area contributed by atoms with Crippen LogP contribution in [0.15, 0.2) is 42.5 Å². The smallest absolute Gasteiger partial charge is 0.261 e. The van der Waals surface area contributed by atoms with E-state index in [0.29, 0.717) is 13.0 Å². The number of benzene rings is 2. The molecule has 2 aromatic carbocycles. The first kappa shape index (κ1) is 20.6. The number of aryl methyl sites for hydroxylation is 2. The first-order valence-electron chi connectivity index (χ1n) is 9.24. The molecule has 0 aliphatic carbocycles. The Labute approximate surface area is 161 Å². The van der Waals surface area contributed by atoms with E-state index in [1.165, 1.54) is 5.56 Å². The molecule has 0 heterocycles. The number of carbonyl (C=O) groups excluding carboxylic acids is 1. The van der Waals surface area contributed by atoms with Gasteiger partial charge in [0, 0.05) is 0 Å². The van der Waals surface area contributed by atoms with E-state index in [2.05, 4.69) is 5.32 Å². The van der Waals surface area contributed by atoms with Crippen LogP contribution in [0.1, 0.15) is 31.4 Å². The van der Waals surface area contributed by atoms with E-state index in [9.17, 15) is 4.79 Å². The van der Waals surface area contributed by atoms with E-state index in [1.54, 1.807) is 7.11 Å². The van der Waals surface area contributed by atoms with Gasteiger partial charge in [-0.05, 0) is 63.1 Å². The normalized spacial score (nSPS) is 12.8. The van der Waals surface area contributed by atoms with Crippen LogP contribution in [0.4, 0.5) is 0 Å². The number of ether oxygens (including phenoxy) is 3. The molecule has 0 saturated heterocycles. The molecule has 0 aliphatic heterocycles. The molecule has 5 heteroatoms. The first-order chi connectivity index (χ1) is 12.9. The Morgan fingerprint density at radius 2 is 1.74 bits per heavy atom. The van der Waals surface area contributed by atoms with Crippen LogP contribution in [0.5, 0.6) is 17.2 Å². The van der Waals surface area contributed by atoms with Crippen LogP contribution in [-0.2, 0) is 4.79 Å². The van der Waals surface area contributed by atoms with Gasteiger partial charge in [0.25, 0.3) is 5.91 Å². The fraction of sp³-hybridized carbons (Fsp3) is 0.409. The molecule has 27 heavy (non-hydrogen) atoms. The highest BCUT2D eigenvalue weighted by atomic mass is 16.5. The molecular formula is C22H29NO4. The average Bonchev–Trinajstić information content (AvgIpc) is 2.66. The summed E-state index contributed by atoms with van der Waals surface area (Å²) in [6.45, 7) is 8.24. The molecule has 5 nitrogen and oxygen atoms in total. The largest absolute Gasteiger partial charge is 0.497 e. The number of rotatable bonds is 9. The van der Waals surface area contributed by atoms with Crippen molar-refractivity contribution in [2.24, 2.45) is 0 Å². The topological polar surface area (TPSA) is 56.8 Å². The molecule has 0 aliphatic rings. The van der Waals surface area contributed by atoms with Crippen molar-refractivity contribution >= 4 is 5.91 Å². The van der Waals surface area contributed by atoms with Crippen LogP contribution in [0, 0.1) is 13.8 Å². The highest BCUT2D eigenvalue weighted by molar-refractivity contribution is 5.81. The van der Waals surface area contributed by atoms with Crippen LogP contribution in [0.3, 0.4) is 0 Å². The summed E-state index contributed by atoms with van der Waals surface area (Å²) in [4.78, 5) is 12.6. The molecule has 0 radical (unpaired) electrons. The van der Waals surface area contributed by atoms with Crippen LogP contribution in [0.25, 0.3) is 0 Å². The molecule has 2 rings (SSSR count). The number of hydrogen-bond acceptors (Lipinski definition) is 4. The summed E-state index contributed by atoms with van der Waals surface area (Å²) in [5.74, 6) is 2.11. The van der Waals surface area contributed by atoms with E-state index in [0.717, 1.165) is 22.8 Å². The van der Waals surface area contributed by atoms with Crippen molar-refractivity contribution in [1.82, 2.24) is 5.32 Å². The second-order valence-electron chi connectivity index (χ2n) is 6.68. The van der Waals surface area contributed by atoms with E-state index in [4.69, 9.17) is 14.2 Å². The fourth-order valence-corrected chi connectivity index (χ4v) is 2.68. The second-order valence-corrected chi connectivity index (χ2v) is 6.68. The van der Waals surface area contributed by atoms with E-state index < -0.39 is 6.10 Å². The summed E-state index contributed by atoms with van der Waals surface area (Å²) < 4.78 is 16.8. The van der Waals surface area contributed by atoms with Crippen LogP contribution < -0.4 is 19.5 Å². The molecular weight excluding hydrogens is 342 g/mol. The standard InChI is InChI=1S/C22H29NO4/c1-6-20(27-21-12-7-15(2)13-16(21)3)22(24)23-17(4)14-26-19-10-8-18(25-5)9-11-19/h7-13,17,20H,6,14H2,1-5H3,(H,23,24)/t17-,20+/m1/s1. The van der Waals surface area contributed by atoms with Gasteiger partial charge < -0.3 is 19.5 Å². The molecule has 0 bridgehead atoms. The number of carbonyl (C=O) groups is 1. The Balaban J connectivity index is 1.86. The molecule has 0 fully saturated rings. The minimum atomic E-state index is -0.533. The highest BCUT2D eigenvalue weighted by Crippen LogP contribution is 2.21. The van der Waals surface area contributed by atoms with Gasteiger partial charge in [-0.1, -0.05) is 24.6 Å². The number of hydrogen-bond donors (Lipinski definition) is 1. The van der Waals surface area contributed by atoms with Gasteiger partial charge in [0.2, 0.25) is 0 Å². The highest BCUT2D eigenvalue weighted by Gasteiger charge is 2.21. The van der Waals surface area contributed by atoms with Crippen molar-refractivity contribution < 1.29 is 19.0 Å². The molecule has 146 valence electrons. The first-order valence-corrected chi connectivity index (χ1v) is 9.24. The lowest BCUT2D eigenvalue weighted by Gasteiger charge is -2.21. The van der Waals surface area contributed by atoms with Gasteiger partial charge in [-0.15, -0.1) is 0 Å². The van der Waals surface area contributed by atoms with Crippen LogP contribution >= 0.6 is 0 Å². The lowest BCUT2D eigenvalue weighted by Crippen LogP contribution is -2.44. The zero-order chi connectivity index (χ0) is 19.8. The lowest BCUT2D eigenvalue weighted by atomic mass is 10.1. The van der Waals surface area contributed by atoms with Crippen LogP contribution in [0.2, 0.25) is 0 Å². The van der Waals surface area contributed by atoms with Gasteiger partial charge in [-0.2, -0.15) is 0 Å². The predicted octanol–water partition coefficient (Wildman–Crippen LogP) is 4.05. The maximum absolute atomic E-state index is 12.6. The van der Waals surface area contributed by atoms with Crippen molar-refractivity contribution in [1.29, 1.82) is 0 Å². The zero-order valence-electron chi connectivity index (χ0n) is 16.7. The monoisotopic (exact) mass is 371 g/mol. The zero-order valence-corrected chi connectivity index (χ0v) is 16.7. The molecule has 1 N–H and O–H groups in total. The van der Waals surface area contributed by atoms with Crippen molar-refractivity contribution in [2.75, 3.05) is 13.7 Å². The predicted molar refractivity (Wildman–Crippen MR) is 107 cm³/mol. The minimum absolute atomic E-state index is 0.136. The minimum Gasteiger partial charge on any atom is -0.497 e. The van der Waals surface area contributed by atoms with Crippen molar-refractivity contribution in [3.8, 4) is 17.2 Å². The third-order valence-corrected chi connectivity index (χ3v) is 4.21. The Kier molecular flexibility index (Phi) is 7.53. The number of methoxy groups -OCH3 is 1. The average molecular weight is 371 g/mol. The Hall–Kier alpha value is -2.69. The molecule has 0 aromatic heterocycles. The second kappa shape index (κ2) is 9.86. The maximum Gasteiger partial charge on any atom is 0.261 e. The Morgan fingerprint density at radius 1 is 1.07 bits per heavy atom. The number of amides is 1. The third-order valence-electron chi connectivity index (χ3n) is 4.21. The van der Waals surface area contributed by atoms with E-state index >= 15 is 0 Å². The summed E-state index contributed by atoms with van der Waals surface area (Å²) in [5.41, 5.74) is 2.19. The quantitative estimate of drug-likeness (QED) is 0.722. The van der Waals surface area contributed by atoms with E-state index in [1.807, 2.05) is 70.2 Å². The Bertz CT molecular complexity index is 742. The summed E-state index contributed by atoms with van der Waals surface area (Å²) in [5, 5.41) is 2.96. The fourth-order valence-electron chi connectivity index (χ4n) is 2.68. The van der Waals surface area contributed by atoms with E-state index in [-0.39, 0.29) is 11.9 Å². The van der Waals surface area contributed by atoms with Crippen molar-refractivity contribution in [2.45, 2.75) is 46.3 Å². The summed E-state index contributed by atoms with van der Waals surface area (Å²) in [6, 6.07) is 13.2. The molecule has 2 atom stereocenters. The SMILES string of the molecule is CC[C@H](Oc1ccc(C)cc1C)C(=O)N[C@H](C)COc1ccc(OC)cc1. The van der Waals surface area contributed by atoms with Crippen molar-refractivity contribution in [3.63, 3.8) is 0 Å². The maximum atomic E-state index is 12.6. The van der Waals surface area contributed by atoms with Gasteiger partial charge >= 0.3 is 0 Å². The molecule has 1 amide bonds. The van der Waals surface area contributed by atoms with Crippen LogP contribution in [-0.4, -0.2) is 31.8 Å². The Morgan fingerprint density at radius 3 is 2.33 bits per heavy atom. The molecule has 0 spiro atoms. The third kappa shape index (κ3) is 6.20.